The molecule has 0 bridgehead atoms. The number of nitriles is 1. The van der Waals surface area contributed by atoms with Crippen LogP contribution in [0.15, 0.2) is 52.5 Å². The van der Waals surface area contributed by atoms with Gasteiger partial charge in [0.1, 0.15) is 17.4 Å². The summed E-state index contributed by atoms with van der Waals surface area (Å²) in [4.78, 5) is 23.3. The molecule has 0 atom stereocenters. The van der Waals surface area contributed by atoms with Crippen molar-refractivity contribution in [1.29, 1.82) is 5.26 Å². The summed E-state index contributed by atoms with van der Waals surface area (Å²) in [6.45, 7) is 0.310. The Hall–Kier alpha value is -3.33. The van der Waals surface area contributed by atoms with Gasteiger partial charge in [-0.05, 0) is 17.7 Å². The second-order valence-electron chi connectivity index (χ2n) is 4.53. The molecule has 0 saturated heterocycles. The quantitative estimate of drug-likeness (QED) is 0.519. The minimum atomic E-state index is -0.628. The largest absolute Gasteiger partial charge is 0.463 e. The number of benzene rings is 1. The summed E-state index contributed by atoms with van der Waals surface area (Å²) in [6.07, 6.45) is 1.27. The molecule has 1 aromatic heterocycles. The van der Waals surface area contributed by atoms with E-state index in [1.54, 1.807) is 0 Å². The number of amides is 1. The van der Waals surface area contributed by atoms with Crippen molar-refractivity contribution in [3.8, 4) is 6.07 Å². The van der Waals surface area contributed by atoms with E-state index in [2.05, 4.69) is 10.1 Å². The summed E-state index contributed by atoms with van der Waals surface area (Å²) in [6, 6.07) is 14.0. The predicted molar refractivity (Wildman–Crippen MR) is 81.9 cm³/mol. The van der Waals surface area contributed by atoms with E-state index in [0.29, 0.717) is 6.54 Å². The fourth-order valence-corrected chi connectivity index (χ4v) is 1.80. The van der Waals surface area contributed by atoms with Crippen LogP contribution in [-0.4, -0.2) is 19.0 Å². The smallest absolute Gasteiger partial charge is 0.373 e. The van der Waals surface area contributed by atoms with Gasteiger partial charge in [-0.25, -0.2) is 4.79 Å². The molecule has 2 aromatic rings. The maximum absolute atomic E-state index is 12.0. The van der Waals surface area contributed by atoms with Gasteiger partial charge in [-0.2, -0.15) is 5.26 Å². The van der Waals surface area contributed by atoms with Crippen LogP contribution in [0.1, 0.15) is 21.9 Å². The standard InChI is InChI=1S/C17H14N2O4/c1-22-17(21)15-8-7-14(23-15)9-13(10-18)16(20)19-11-12-5-3-2-4-6-12/h2-9H,11H2,1H3,(H,19,20)/b13-9-. The van der Waals surface area contributed by atoms with E-state index < -0.39 is 11.9 Å². The minimum Gasteiger partial charge on any atom is -0.463 e. The number of rotatable bonds is 5. The number of furan rings is 1. The van der Waals surface area contributed by atoms with Crippen LogP contribution in [0.5, 0.6) is 0 Å². The maximum Gasteiger partial charge on any atom is 0.373 e. The van der Waals surface area contributed by atoms with E-state index >= 15 is 0 Å². The molecule has 0 unspecified atom stereocenters. The molecular formula is C17H14N2O4. The summed E-state index contributed by atoms with van der Waals surface area (Å²) in [5.74, 6) is -0.929. The average Bonchev–Trinajstić information content (AvgIpc) is 3.06. The van der Waals surface area contributed by atoms with E-state index in [1.807, 2.05) is 36.4 Å². The zero-order valence-electron chi connectivity index (χ0n) is 12.4. The lowest BCUT2D eigenvalue weighted by molar-refractivity contribution is -0.117. The zero-order valence-corrected chi connectivity index (χ0v) is 12.4. The summed E-state index contributed by atoms with van der Waals surface area (Å²) >= 11 is 0. The number of ether oxygens (including phenoxy) is 1. The highest BCUT2D eigenvalue weighted by Crippen LogP contribution is 2.13. The fourth-order valence-electron chi connectivity index (χ4n) is 1.80. The number of nitrogens with zero attached hydrogens (tertiary/aromatic N) is 1. The number of hydrogen-bond acceptors (Lipinski definition) is 5. The Morgan fingerprint density at radius 1 is 1.26 bits per heavy atom. The molecule has 0 saturated carbocycles. The first-order valence-electron chi connectivity index (χ1n) is 6.76. The lowest BCUT2D eigenvalue weighted by atomic mass is 10.2. The van der Waals surface area contributed by atoms with Gasteiger partial charge in [0.2, 0.25) is 5.76 Å². The number of nitrogens with one attached hydrogen (secondary N) is 1. The van der Waals surface area contributed by atoms with Crippen molar-refractivity contribution in [2.45, 2.75) is 6.54 Å². The number of esters is 1. The Labute approximate surface area is 133 Å². The van der Waals surface area contributed by atoms with E-state index in [1.165, 1.54) is 25.3 Å². The van der Waals surface area contributed by atoms with Crippen molar-refractivity contribution in [2.75, 3.05) is 7.11 Å². The molecule has 1 heterocycles. The second-order valence-corrected chi connectivity index (χ2v) is 4.53. The molecular weight excluding hydrogens is 296 g/mol. The summed E-state index contributed by atoms with van der Waals surface area (Å²) in [5.41, 5.74) is 0.802. The van der Waals surface area contributed by atoms with Crippen molar-refractivity contribution >= 4 is 18.0 Å². The van der Waals surface area contributed by atoms with Gasteiger partial charge >= 0.3 is 5.97 Å². The van der Waals surface area contributed by atoms with Crippen LogP contribution in [0.4, 0.5) is 0 Å². The van der Waals surface area contributed by atoms with Gasteiger partial charge < -0.3 is 14.5 Å². The predicted octanol–water partition coefficient (Wildman–Crippen LogP) is 2.29. The van der Waals surface area contributed by atoms with Crippen LogP contribution in [-0.2, 0) is 16.1 Å². The van der Waals surface area contributed by atoms with Crippen LogP contribution in [0, 0.1) is 11.3 Å². The third-order valence-electron chi connectivity index (χ3n) is 2.96. The van der Waals surface area contributed by atoms with Gasteiger partial charge in [0.15, 0.2) is 0 Å². The van der Waals surface area contributed by atoms with Crippen LogP contribution < -0.4 is 5.32 Å². The van der Waals surface area contributed by atoms with Crippen molar-refractivity contribution in [3.63, 3.8) is 0 Å². The molecule has 0 aliphatic rings. The van der Waals surface area contributed by atoms with Crippen LogP contribution in [0.2, 0.25) is 0 Å². The number of carbonyl (C=O) groups excluding carboxylic acids is 2. The van der Waals surface area contributed by atoms with Gasteiger partial charge in [0.25, 0.3) is 5.91 Å². The molecule has 0 fully saturated rings. The number of methoxy groups -OCH3 is 1. The lowest BCUT2D eigenvalue weighted by Gasteiger charge is -2.03. The summed E-state index contributed by atoms with van der Waals surface area (Å²) < 4.78 is 9.72. The highest BCUT2D eigenvalue weighted by Gasteiger charge is 2.13. The highest BCUT2D eigenvalue weighted by molar-refractivity contribution is 6.01. The van der Waals surface area contributed by atoms with Gasteiger partial charge in [-0.15, -0.1) is 0 Å². The molecule has 0 aliphatic carbocycles. The van der Waals surface area contributed by atoms with Gasteiger partial charge in [0.05, 0.1) is 7.11 Å². The lowest BCUT2D eigenvalue weighted by Crippen LogP contribution is -2.23. The summed E-state index contributed by atoms with van der Waals surface area (Å²) in [7, 11) is 1.23. The van der Waals surface area contributed by atoms with Gasteiger partial charge in [0, 0.05) is 12.6 Å². The highest BCUT2D eigenvalue weighted by atomic mass is 16.5. The molecule has 2 rings (SSSR count). The summed E-state index contributed by atoms with van der Waals surface area (Å²) in [5, 5.41) is 11.8. The normalized spacial score (nSPS) is 10.7. The molecule has 1 amide bonds. The maximum atomic E-state index is 12.0. The molecule has 0 radical (unpaired) electrons. The Kier molecular flexibility index (Phi) is 5.31. The molecule has 23 heavy (non-hydrogen) atoms. The van der Waals surface area contributed by atoms with Crippen LogP contribution >= 0.6 is 0 Å². The van der Waals surface area contributed by atoms with Crippen LogP contribution in [0.3, 0.4) is 0 Å². The molecule has 0 aliphatic heterocycles. The Balaban J connectivity index is 2.06. The van der Waals surface area contributed by atoms with E-state index in [4.69, 9.17) is 9.68 Å². The fraction of sp³-hybridized carbons (Fsp3) is 0.118. The van der Waals surface area contributed by atoms with E-state index in [0.717, 1.165) is 5.56 Å². The molecule has 0 spiro atoms. The van der Waals surface area contributed by atoms with Crippen molar-refractivity contribution < 1.29 is 18.7 Å². The first-order valence-corrected chi connectivity index (χ1v) is 6.76. The Morgan fingerprint density at radius 2 is 2.00 bits per heavy atom. The third kappa shape index (κ3) is 4.32. The van der Waals surface area contributed by atoms with E-state index in [-0.39, 0.29) is 17.1 Å². The molecule has 116 valence electrons. The topological polar surface area (TPSA) is 92.3 Å². The number of carbonyl (C=O) groups is 2. The third-order valence-corrected chi connectivity index (χ3v) is 2.96. The monoisotopic (exact) mass is 310 g/mol. The van der Waals surface area contributed by atoms with Gasteiger partial charge in [-0.1, -0.05) is 30.3 Å². The van der Waals surface area contributed by atoms with Crippen molar-refractivity contribution in [1.82, 2.24) is 5.32 Å². The second kappa shape index (κ2) is 7.61. The molecule has 6 nitrogen and oxygen atoms in total. The van der Waals surface area contributed by atoms with Crippen molar-refractivity contribution in [2.24, 2.45) is 0 Å². The molecule has 1 N–H and O–H groups in total. The molecule has 1 aromatic carbocycles. The van der Waals surface area contributed by atoms with Crippen molar-refractivity contribution in [3.05, 3.63) is 65.1 Å². The first-order chi connectivity index (χ1) is 11.1. The first kappa shape index (κ1) is 16.0. The van der Waals surface area contributed by atoms with Gasteiger partial charge in [-0.3, -0.25) is 4.79 Å². The minimum absolute atomic E-state index is 0.000679. The van der Waals surface area contributed by atoms with E-state index in [9.17, 15) is 9.59 Å². The Morgan fingerprint density at radius 3 is 2.65 bits per heavy atom. The zero-order chi connectivity index (χ0) is 16.7. The Bertz CT molecular complexity index is 769. The average molecular weight is 310 g/mol. The SMILES string of the molecule is COC(=O)c1ccc(/C=C(/C#N)C(=O)NCc2ccccc2)o1. The molecule has 6 heteroatoms. The van der Waals surface area contributed by atoms with Crippen LogP contribution in [0.25, 0.3) is 6.08 Å². The number of hydrogen-bond donors (Lipinski definition) is 1.